The van der Waals surface area contributed by atoms with Crippen LogP contribution in [-0.2, 0) is 0 Å². The largest absolute Gasteiger partial charge is 0.338 e. The van der Waals surface area contributed by atoms with Gasteiger partial charge in [-0.15, -0.1) is 11.6 Å². The van der Waals surface area contributed by atoms with Crippen LogP contribution in [0.5, 0.6) is 0 Å². The Balaban J connectivity index is 1.57. The predicted molar refractivity (Wildman–Crippen MR) is 72.8 cm³/mol. The van der Waals surface area contributed by atoms with Crippen LogP contribution in [0.15, 0.2) is 0 Å². The summed E-state index contributed by atoms with van der Waals surface area (Å²) in [4.78, 5) is 11.9. The van der Waals surface area contributed by atoms with Gasteiger partial charge in [-0.3, -0.25) is 0 Å². The molecule has 0 aromatic heterocycles. The lowest BCUT2D eigenvalue weighted by Gasteiger charge is -2.56. The molecule has 4 heteroatoms. The molecule has 0 heterocycles. The molecule has 0 atom stereocenters. The molecule has 0 unspecified atom stereocenters. The summed E-state index contributed by atoms with van der Waals surface area (Å²) in [5.41, 5.74) is 0.125. The van der Waals surface area contributed by atoms with Gasteiger partial charge < -0.3 is 10.6 Å². The highest BCUT2D eigenvalue weighted by atomic mass is 35.5. The number of carbonyl (C=O) groups is 1. The molecule has 0 aromatic carbocycles. The average molecular weight is 271 g/mol. The van der Waals surface area contributed by atoms with Crippen LogP contribution < -0.4 is 10.6 Å². The van der Waals surface area contributed by atoms with Crippen molar-refractivity contribution in [1.82, 2.24) is 10.6 Å². The van der Waals surface area contributed by atoms with E-state index in [9.17, 15) is 4.79 Å². The van der Waals surface area contributed by atoms with Crippen LogP contribution in [0.3, 0.4) is 0 Å². The average Bonchev–Trinajstić information content (AvgIpc) is 2.26. The molecule has 0 spiro atoms. The first-order valence-corrected chi connectivity index (χ1v) is 7.84. The van der Waals surface area contributed by atoms with Crippen molar-refractivity contribution >= 4 is 17.6 Å². The lowest BCUT2D eigenvalue weighted by atomic mass is 9.53. The Morgan fingerprint density at radius 2 is 1.67 bits per heavy atom. The molecule has 2 amide bonds. The van der Waals surface area contributed by atoms with Gasteiger partial charge in [-0.05, 0) is 62.7 Å². The van der Waals surface area contributed by atoms with Crippen molar-refractivity contribution < 1.29 is 4.79 Å². The fourth-order valence-electron chi connectivity index (χ4n) is 4.82. The molecule has 0 aromatic rings. The van der Waals surface area contributed by atoms with E-state index in [1.54, 1.807) is 0 Å². The fraction of sp³-hybridized carbons (Fsp3) is 0.929. The maximum absolute atomic E-state index is 11.9. The molecule has 4 aliphatic rings. The third-order valence-electron chi connectivity index (χ3n) is 5.01. The van der Waals surface area contributed by atoms with E-state index in [-0.39, 0.29) is 11.6 Å². The first-order chi connectivity index (χ1) is 8.69. The SMILES string of the molecule is O=C(NCCCCl)NC12CC3CC(CC(C3)C1)C2. The summed E-state index contributed by atoms with van der Waals surface area (Å²) >= 11 is 5.61. The van der Waals surface area contributed by atoms with Crippen LogP contribution in [0.1, 0.15) is 44.9 Å². The lowest BCUT2D eigenvalue weighted by Crippen LogP contribution is -2.61. The van der Waals surface area contributed by atoms with Crippen molar-refractivity contribution in [3.8, 4) is 0 Å². The van der Waals surface area contributed by atoms with Crippen LogP contribution in [0.25, 0.3) is 0 Å². The number of carbonyl (C=O) groups excluding carboxylic acids is 1. The van der Waals surface area contributed by atoms with Crippen LogP contribution in [0.4, 0.5) is 4.79 Å². The zero-order valence-corrected chi connectivity index (χ0v) is 11.6. The Bertz CT molecular complexity index is 296. The number of rotatable bonds is 4. The number of alkyl halides is 1. The number of nitrogens with one attached hydrogen (secondary N) is 2. The number of hydrogen-bond donors (Lipinski definition) is 2. The third-order valence-corrected chi connectivity index (χ3v) is 5.28. The minimum absolute atomic E-state index is 0.0158. The van der Waals surface area contributed by atoms with Gasteiger partial charge in [0.2, 0.25) is 0 Å². The first kappa shape index (κ1) is 12.6. The second-order valence-corrected chi connectivity index (χ2v) is 7.00. The van der Waals surface area contributed by atoms with Crippen molar-refractivity contribution in [2.24, 2.45) is 17.8 Å². The van der Waals surface area contributed by atoms with Gasteiger partial charge in [0.1, 0.15) is 0 Å². The quantitative estimate of drug-likeness (QED) is 0.599. The molecule has 4 rings (SSSR count). The summed E-state index contributed by atoms with van der Waals surface area (Å²) in [6.45, 7) is 0.682. The summed E-state index contributed by atoms with van der Waals surface area (Å²) in [5.74, 6) is 3.23. The molecule has 4 saturated carbocycles. The van der Waals surface area contributed by atoms with Crippen molar-refractivity contribution in [3.63, 3.8) is 0 Å². The van der Waals surface area contributed by atoms with Gasteiger partial charge in [0, 0.05) is 18.0 Å². The lowest BCUT2D eigenvalue weighted by molar-refractivity contribution is -0.0135. The number of amides is 2. The van der Waals surface area contributed by atoms with Gasteiger partial charge in [0.25, 0.3) is 0 Å². The van der Waals surface area contributed by atoms with E-state index in [1.165, 1.54) is 38.5 Å². The van der Waals surface area contributed by atoms with Gasteiger partial charge in [-0.2, -0.15) is 0 Å². The zero-order valence-electron chi connectivity index (χ0n) is 10.9. The van der Waals surface area contributed by atoms with Crippen molar-refractivity contribution in [1.29, 1.82) is 0 Å². The first-order valence-electron chi connectivity index (χ1n) is 7.31. The van der Waals surface area contributed by atoms with Crippen LogP contribution in [0.2, 0.25) is 0 Å². The molecule has 0 radical (unpaired) electrons. The van der Waals surface area contributed by atoms with Gasteiger partial charge in [0.05, 0.1) is 0 Å². The van der Waals surface area contributed by atoms with Gasteiger partial charge in [-0.25, -0.2) is 4.79 Å². The van der Waals surface area contributed by atoms with E-state index in [2.05, 4.69) is 10.6 Å². The summed E-state index contributed by atoms with van der Waals surface area (Å²) in [7, 11) is 0. The zero-order chi connectivity index (χ0) is 12.6. The third kappa shape index (κ3) is 2.47. The molecule has 102 valence electrons. The van der Waals surface area contributed by atoms with Crippen LogP contribution >= 0.6 is 11.6 Å². The van der Waals surface area contributed by atoms with Gasteiger partial charge >= 0.3 is 6.03 Å². The van der Waals surface area contributed by atoms with E-state index < -0.39 is 0 Å². The van der Waals surface area contributed by atoms with Crippen molar-refractivity contribution in [2.75, 3.05) is 12.4 Å². The molecule has 18 heavy (non-hydrogen) atoms. The molecular formula is C14H23ClN2O. The van der Waals surface area contributed by atoms with Gasteiger partial charge in [-0.1, -0.05) is 0 Å². The minimum Gasteiger partial charge on any atom is -0.338 e. The highest BCUT2D eigenvalue weighted by molar-refractivity contribution is 6.17. The number of halogens is 1. The summed E-state index contributed by atoms with van der Waals surface area (Å²) < 4.78 is 0. The molecule has 4 fully saturated rings. The maximum Gasteiger partial charge on any atom is 0.315 e. The Hall–Kier alpha value is -0.440. The smallest absolute Gasteiger partial charge is 0.315 e. The summed E-state index contributed by atoms with van der Waals surface area (Å²) in [6.07, 6.45) is 8.71. The summed E-state index contributed by atoms with van der Waals surface area (Å²) in [6, 6.07) is 0.0158. The Kier molecular flexibility index (Phi) is 3.44. The molecular weight excluding hydrogens is 248 g/mol. The fourth-order valence-corrected chi connectivity index (χ4v) is 4.95. The maximum atomic E-state index is 11.9. The monoisotopic (exact) mass is 270 g/mol. The highest BCUT2D eigenvalue weighted by Gasteiger charge is 2.51. The predicted octanol–water partition coefficient (Wildman–Crippen LogP) is 2.88. The second kappa shape index (κ2) is 4.92. The van der Waals surface area contributed by atoms with Crippen molar-refractivity contribution in [3.05, 3.63) is 0 Å². The second-order valence-electron chi connectivity index (χ2n) is 6.62. The topological polar surface area (TPSA) is 41.1 Å². The molecule has 4 bridgehead atoms. The van der Waals surface area contributed by atoms with E-state index in [0.717, 1.165) is 24.2 Å². The molecule has 0 aliphatic heterocycles. The normalized spacial score (nSPS) is 40.8. The number of hydrogen-bond acceptors (Lipinski definition) is 1. The standard InChI is InChI=1S/C14H23ClN2O/c15-2-1-3-16-13(18)17-14-7-10-4-11(8-14)6-12(5-10)9-14/h10-12H,1-9H2,(H2,16,17,18). The highest BCUT2D eigenvalue weighted by Crippen LogP contribution is 2.55. The van der Waals surface area contributed by atoms with Crippen LogP contribution in [0, 0.1) is 17.8 Å². The van der Waals surface area contributed by atoms with E-state index in [4.69, 9.17) is 11.6 Å². The van der Waals surface area contributed by atoms with Crippen LogP contribution in [-0.4, -0.2) is 24.0 Å². The Labute approximate surface area is 114 Å². The molecule has 0 saturated heterocycles. The molecule has 3 nitrogen and oxygen atoms in total. The summed E-state index contributed by atoms with van der Waals surface area (Å²) in [5, 5.41) is 6.21. The van der Waals surface area contributed by atoms with E-state index in [0.29, 0.717) is 12.4 Å². The number of urea groups is 1. The van der Waals surface area contributed by atoms with E-state index in [1.807, 2.05) is 0 Å². The van der Waals surface area contributed by atoms with Gasteiger partial charge in [0.15, 0.2) is 0 Å². The Morgan fingerprint density at radius 1 is 1.11 bits per heavy atom. The van der Waals surface area contributed by atoms with Crippen molar-refractivity contribution in [2.45, 2.75) is 50.5 Å². The molecule has 4 aliphatic carbocycles. The van der Waals surface area contributed by atoms with E-state index >= 15 is 0 Å². The minimum atomic E-state index is 0.0158. The Morgan fingerprint density at radius 3 is 2.17 bits per heavy atom. The molecule has 2 N–H and O–H groups in total.